The first-order valence-electron chi connectivity index (χ1n) is 7.36. The Bertz CT molecular complexity index is 701. The molecule has 0 saturated carbocycles. The molecule has 0 aliphatic heterocycles. The van der Waals surface area contributed by atoms with Gasteiger partial charge < -0.3 is 10.1 Å². The molecule has 0 aliphatic rings. The summed E-state index contributed by atoms with van der Waals surface area (Å²) in [5, 5.41) is 7.22. The normalized spacial score (nSPS) is 10.5. The van der Waals surface area contributed by atoms with E-state index in [0.29, 0.717) is 23.1 Å². The van der Waals surface area contributed by atoms with Crippen LogP contribution in [0.3, 0.4) is 0 Å². The summed E-state index contributed by atoms with van der Waals surface area (Å²) in [6, 6.07) is 5.49. The van der Waals surface area contributed by atoms with Gasteiger partial charge in [0, 0.05) is 11.1 Å². The van der Waals surface area contributed by atoms with Crippen molar-refractivity contribution in [2.75, 3.05) is 17.2 Å². The number of halogens is 1. The second kappa shape index (κ2) is 8.39. The van der Waals surface area contributed by atoms with Gasteiger partial charge in [-0.05, 0) is 30.2 Å². The maximum atomic E-state index is 12.8. The number of anilines is 2. The van der Waals surface area contributed by atoms with Gasteiger partial charge in [0.15, 0.2) is 5.13 Å². The number of carbonyl (C=O) groups is 2. The molecule has 6 nitrogen and oxygen atoms in total. The molecule has 2 N–H and O–H groups in total. The van der Waals surface area contributed by atoms with Gasteiger partial charge >= 0.3 is 6.09 Å². The second-order valence-corrected chi connectivity index (χ2v) is 6.35. The number of rotatable bonds is 6. The first-order valence-corrected chi connectivity index (χ1v) is 8.24. The van der Waals surface area contributed by atoms with Gasteiger partial charge in [0.2, 0.25) is 5.91 Å². The molecule has 0 aliphatic carbocycles. The molecule has 0 unspecified atom stereocenters. The molecule has 2 amide bonds. The van der Waals surface area contributed by atoms with E-state index in [4.69, 9.17) is 4.74 Å². The number of nitrogens with one attached hydrogen (secondary N) is 2. The Morgan fingerprint density at radius 1 is 1.25 bits per heavy atom. The van der Waals surface area contributed by atoms with Crippen molar-refractivity contribution in [1.29, 1.82) is 0 Å². The summed E-state index contributed by atoms with van der Waals surface area (Å²) in [7, 11) is 0. The van der Waals surface area contributed by atoms with E-state index in [9.17, 15) is 14.0 Å². The van der Waals surface area contributed by atoms with E-state index in [1.807, 2.05) is 13.8 Å². The number of hydrogen-bond donors (Lipinski definition) is 2. The van der Waals surface area contributed by atoms with Crippen LogP contribution in [0.25, 0.3) is 0 Å². The standard InChI is InChI=1S/C16H18FN3O3S/c1-10(2)8-23-16(22)20-15-19-13(9-24-15)7-14(21)18-12-5-3-11(17)4-6-12/h3-6,9-10H,7-8H2,1-2H3,(H,18,21)(H,19,20,22). The Morgan fingerprint density at radius 3 is 2.62 bits per heavy atom. The molecule has 0 fully saturated rings. The van der Waals surface area contributed by atoms with Crippen LogP contribution < -0.4 is 10.6 Å². The number of amides is 2. The van der Waals surface area contributed by atoms with E-state index >= 15 is 0 Å². The van der Waals surface area contributed by atoms with Crippen molar-refractivity contribution in [3.8, 4) is 0 Å². The minimum Gasteiger partial charge on any atom is -0.449 e. The average molecular weight is 351 g/mol. The zero-order chi connectivity index (χ0) is 17.5. The lowest BCUT2D eigenvalue weighted by Crippen LogP contribution is -2.17. The van der Waals surface area contributed by atoms with E-state index in [1.54, 1.807) is 5.38 Å². The average Bonchev–Trinajstić information content (AvgIpc) is 2.94. The highest BCUT2D eigenvalue weighted by molar-refractivity contribution is 7.13. The summed E-state index contributed by atoms with van der Waals surface area (Å²) >= 11 is 1.21. The lowest BCUT2D eigenvalue weighted by atomic mass is 10.2. The van der Waals surface area contributed by atoms with Crippen LogP contribution in [0, 0.1) is 11.7 Å². The molecular weight excluding hydrogens is 333 g/mol. The summed E-state index contributed by atoms with van der Waals surface area (Å²) in [6.45, 7) is 4.20. The third kappa shape index (κ3) is 5.96. The Balaban J connectivity index is 1.83. The molecule has 1 heterocycles. The first kappa shape index (κ1) is 17.9. The summed E-state index contributed by atoms with van der Waals surface area (Å²) in [5.74, 6) is -0.397. The zero-order valence-electron chi connectivity index (χ0n) is 13.3. The van der Waals surface area contributed by atoms with Crippen LogP contribution in [0.1, 0.15) is 19.5 Å². The van der Waals surface area contributed by atoms with Gasteiger partial charge in [-0.15, -0.1) is 11.3 Å². The fourth-order valence-electron chi connectivity index (χ4n) is 1.71. The maximum Gasteiger partial charge on any atom is 0.413 e. The predicted octanol–water partition coefficient (Wildman–Crippen LogP) is 3.67. The van der Waals surface area contributed by atoms with Crippen LogP contribution in [-0.2, 0) is 16.0 Å². The third-order valence-electron chi connectivity index (χ3n) is 2.78. The third-order valence-corrected chi connectivity index (χ3v) is 3.58. The van der Waals surface area contributed by atoms with Crippen molar-refractivity contribution in [3.63, 3.8) is 0 Å². The molecule has 0 spiro atoms. The highest BCUT2D eigenvalue weighted by atomic mass is 32.1. The van der Waals surface area contributed by atoms with Gasteiger partial charge in [0.05, 0.1) is 18.7 Å². The number of thiazole rings is 1. The van der Waals surface area contributed by atoms with Crippen LogP contribution in [0.2, 0.25) is 0 Å². The molecule has 24 heavy (non-hydrogen) atoms. The van der Waals surface area contributed by atoms with E-state index < -0.39 is 6.09 Å². The van der Waals surface area contributed by atoms with Crippen LogP contribution in [0.4, 0.5) is 20.0 Å². The molecular formula is C16H18FN3O3S. The molecule has 128 valence electrons. The van der Waals surface area contributed by atoms with Gasteiger partial charge in [0.25, 0.3) is 0 Å². The molecule has 0 saturated heterocycles. The minimum absolute atomic E-state index is 0.0522. The van der Waals surface area contributed by atoms with Crippen molar-refractivity contribution in [2.45, 2.75) is 20.3 Å². The van der Waals surface area contributed by atoms with Gasteiger partial charge in [0.1, 0.15) is 5.82 Å². The SMILES string of the molecule is CC(C)COC(=O)Nc1nc(CC(=O)Nc2ccc(F)cc2)cs1. The zero-order valence-corrected chi connectivity index (χ0v) is 14.2. The number of carbonyl (C=O) groups excluding carboxylic acids is 2. The van der Waals surface area contributed by atoms with Crippen LogP contribution in [0.15, 0.2) is 29.6 Å². The van der Waals surface area contributed by atoms with Crippen LogP contribution in [-0.4, -0.2) is 23.6 Å². The lowest BCUT2D eigenvalue weighted by Gasteiger charge is -2.06. The van der Waals surface area contributed by atoms with E-state index in [2.05, 4.69) is 15.6 Å². The predicted molar refractivity (Wildman–Crippen MR) is 90.7 cm³/mol. The van der Waals surface area contributed by atoms with Crippen molar-refractivity contribution in [1.82, 2.24) is 4.98 Å². The fourth-order valence-corrected chi connectivity index (χ4v) is 2.41. The van der Waals surface area contributed by atoms with E-state index in [1.165, 1.54) is 35.6 Å². The molecule has 8 heteroatoms. The summed E-state index contributed by atoms with van der Waals surface area (Å²) in [5.41, 5.74) is 1.03. The van der Waals surface area contributed by atoms with Gasteiger partial charge in [-0.25, -0.2) is 14.2 Å². The largest absolute Gasteiger partial charge is 0.449 e. The number of nitrogens with zero attached hydrogens (tertiary/aromatic N) is 1. The first-order chi connectivity index (χ1) is 11.4. The number of benzene rings is 1. The van der Waals surface area contributed by atoms with Gasteiger partial charge in [-0.2, -0.15) is 0 Å². The summed E-state index contributed by atoms with van der Waals surface area (Å²) < 4.78 is 17.8. The quantitative estimate of drug-likeness (QED) is 0.832. The Kier molecular flexibility index (Phi) is 6.25. The smallest absolute Gasteiger partial charge is 0.413 e. The lowest BCUT2D eigenvalue weighted by molar-refractivity contribution is -0.115. The van der Waals surface area contributed by atoms with Crippen LogP contribution in [0.5, 0.6) is 0 Å². The Labute approximate surface area is 143 Å². The highest BCUT2D eigenvalue weighted by Gasteiger charge is 2.11. The maximum absolute atomic E-state index is 12.8. The topological polar surface area (TPSA) is 80.3 Å². The van der Waals surface area contributed by atoms with Crippen molar-refractivity contribution in [3.05, 3.63) is 41.2 Å². The second-order valence-electron chi connectivity index (χ2n) is 5.49. The van der Waals surface area contributed by atoms with Crippen LogP contribution >= 0.6 is 11.3 Å². The van der Waals surface area contributed by atoms with Gasteiger partial charge in [-0.1, -0.05) is 13.8 Å². The molecule has 1 aromatic heterocycles. The Hall–Kier alpha value is -2.48. The molecule has 2 rings (SSSR count). The molecule has 0 atom stereocenters. The fraction of sp³-hybridized carbons (Fsp3) is 0.312. The van der Waals surface area contributed by atoms with Crippen molar-refractivity contribution >= 4 is 34.2 Å². The minimum atomic E-state index is -0.569. The number of aromatic nitrogens is 1. The molecule has 0 radical (unpaired) electrons. The number of ether oxygens (including phenoxy) is 1. The summed E-state index contributed by atoms with van der Waals surface area (Å²) in [6.07, 6.45) is -0.517. The number of hydrogen-bond acceptors (Lipinski definition) is 5. The molecule has 2 aromatic rings. The Morgan fingerprint density at radius 2 is 1.96 bits per heavy atom. The monoisotopic (exact) mass is 351 g/mol. The van der Waals surface area contributed by atoms with Crippen molar-refractivity contribution in [2.24, 2.45) is 5.92 Å². The van der Waals surface area contributed by atoms with Gasteiger partial charge in [-0.3, -0.25) is 10.1 Å². The highest BCUT2D eigenvalue weighted by Crippen LogP contribution is 2.17. The summed E-state index contributed by atoms with van der Waals surface area (Å²) in [4.78, 5) is 27.6. The van der Waals surface area contributed by atoms with E-state index in [0.717, 1.165) is 0 Å². The van der Waals surface area contributed by atoms with E-state index in [-0.39, 0.29) is 24.1 Å². The molecule has 1 aromatic carbocycles. The van der Waals surface area contributed by atoms with Crippen molar-refractivity contribution < 1.29 is 18.7 Å². The molecule has 0 bridgehead atoms.